The Labute approximate surface area is 232 Å². The highest BCUT2D eigenvalue weighted by Crippen LogP contribution is 2.40. The number of thioether (sulfide) groups is 1. The number of rotatable bonds is 12. The highest BCUT2D eigenvalue weighted by atomic mass is 35.5. The number of aromatic nitrogens is 3. The van der Waals surface area contributed by atoms with Crippen LogP contribution in [-0.2, 0) is 16.1 Å². The van der Waals surface area contributed by atoms with Gasteiger partial charge in [-0.1, -0.05) is 67.6 Å². The topological polar surface area (TPSA) is 87.5 Å². The number of benzene rings is 2. The second-order valence-corrected chi connectivity index (χ2v) is 10.1. The molecule has 0 saturated carbocycles. The second-order valence-electron chi connectivity index (χ2n) is 8.65. The van der Waals surface area contributed by atoms with Gasteiger partial charge in [-0.05, 0) is 48.7 Å². The molecule has 3 aromatic rings. The summed E-state index contributed by atoms with van der Waals surface area (Å²) in [6.07, 6.45) is 3.69. The van der Waals surface area contributed by atoms with Gasteiger partial charge in [0.05, 0.1) is 12.7 Å². The normalized spacial score (nSPS) is 14.5. The molecule has 200 valence electrons. The monoisotopic (exact) mass is 554 g/mol. The summed E-state index contributed by atoms with van der Waals surface area (Å²) < 4.78 is 18.9. The third-order valence-electron chi connectivity index (χ3n) is 5.90. The van der Waals surface area contributed by atoms with Crippen molar-refractivity contribution in [3.8, 4) is 11.5 Å². The number of hydrogen-bond acceptors (Lipinski definition) is 8. The Hall–Kier alpha value is -3.43. The Kier molecular flexibility index (Phi) is 9.36. The summed E-state index contributed by atoms with van der Waals surface area (Å²) in [6, 6.07) is 12.5. The van der Waals surface area contributed by atoms with Crippen LogP contribution >= 0.6 is 23.4 Å². The second kappa shape index (κ2) is 12.9. The van der Waals surface area contributed by atoms with Crippen molar-refractivity contribution in [2.45, 2.75) is 44.5 Å². The standard InChI is InChI=1S/C28H31ClN4O4S/c1-5-7-14-38-28-31-27-30-18(3)24(26(34)36-13-6-2)25(33(27)32-28)20-11-12-22(23(16-20)35-4)37-17-19-9-8-10-21(29)15-19/h6,8-12,15-16,25H,2,5,7,13-14,17H2,1,3-4H3,(H,30,31,32). The number of esters is 1. The van der Waals surface area contributed by atoms with Crippen LogP contribution in [0.15, 0.2) is 71.5 Å². The molecule has 1 unspecified atom stereocenters. The van der Waals surface area contributed by atoms with E-state index in [-0.39, 0.29) is 6.61 Å². The summed E-state index contributed by atoms with van der Waals surface area (Å²) in [5, 5.41) is 9.27. The van der Waals surface area contributed by atoms with Crippen LogP contribution < -0.4 is 14.8 Å². The minimum atomic E-state index is -0.576. The zero-order valence-corrected chi connectivity index (χ0v) is 23.3. The van der Waals surface area contributed by atoms with Gasteiger partial charge in [0.2, 0.25) is 11.1 Å². The van der Waals surface area contributed by atoms with Gasteiger partial charge in [-0.15, -0.1) is 5.10 Å². The van der Waals surface area contributed by atoms with Crippen molar-refractivity contribution in [2.24, 2.45) is 0 Å². The first-order valence-corrected chi connectivity index (χ1v) is 13.7. The van der Waals surface area contributed by atoms with Crippen LogP contribution in [0.1, 0.15) is 43.9 Å². The number of halogens is 1. The van der Waals surface area contributed by atoms with Gasteiger partial charge in [0.25, 0.3) is 0 Å². The average Bonchev–Trinajstić information content (AvgIpc) is 3.32. The quantitative estimate of drug-likeness (QED) is 0.119. The number of anilines is 1. The molecule has 0 fully saturated rings. The van der Waals surface area contributed by atoms with Gasteiger partial charge in [-0.25, -0.2) is 9.48 Å². The molecule has 1 aliphatic heterocycles. The zero-order valence-electron chi connectivity index (χ0n) is 21.7. The molecule has 0 bridgehead atoms. The van der Waals surface area contributed by atoms with Crippen LogP contribution in [0.3, 0.4) is 0 Å². The van der Waals surface area contributed by atoms with Crippen molar-refractivity contribution < 1.29 is 19.0 Å². The molecule has 1 aliphatic rings. The average molecular weight is 555 g/mol. The number of nitrogens with zero attached hydrogens (tertiary/aromatic N) is 3. The SMILES string of the molecule is C=CCOC(=O)C1=C(C)Nc2nc(SCCCC)nn2C1c1ccc(OCc2cccc(Cl)c2)c(OC)c1. The molecule has 1 atom stereocenters. The number of ether oxygens (including phenoxy) is 3. The van der Waals surface area contributed by atoms with E-state index in [0.29, 0.717) is 45.5 Å². The van der Waals surface area contributed by atoms with E-state index in [9.17, 15) is 4.79 Å². The summed E-state index contributed by atoms with van der Waals surface area (Å²) in [7, 11) is 1.58. The van der Waals surface area contributed by atoms with E-state index in [1.807, 2.05) is 49.4 Å². The van der Waals surface area contributed by atoms with E-state index in [0.717, 1.165) is 29.7 Å². The summed E-state index contributed by atoms with van der Waals surface area (Å²) in [5.41, 5.74) is 2.80. The van der Waals surface area contributed by atoms with Gasteiger partial charge in [0, 0.05) is 16.5 Å². The van der Waals surface area contributed by atoms with Crippen molar-refractivity contribution in [3.05, 3.63) is 82.5 Å². The molecule has 0 saturated heterocycles. The Morgan fingerprint density at radius 1 is 1.26 bits per heavy atom. The Balaban J connectivity index is 1.69. The van der Waals surface area contributed by atoms with Crippen LogP contribution in [-0.4, -0.2) is 40.2 Å². The van der Waals surface area contributed by atoms with Crippen molar-refractivity contribution >= 4 is 35.3 Å². The maximum Gasteiger partial charge on any atom is 0.338 e. The van der Waals surface area contributed by atoms with Gasteiger partial charge in [0.15, 0.2) is 11.5 Å². The Bertz CT molecular complexity index is 1340. The number of hydrogen-bond donors (Lipinski definition) is 1. The first-order valence-electron chi connectivity index (χ1n) is 12.4. The molecule has 2 aromatic carbocycles. The molecule has 0 aliphatic carbocycles. The van der Waals surface area contributed by atoms with E-state index in [1.54, 1.807) is 23.6 Å². The molecule has 10 heteroatoms. The molecule has 8 nitrogen and oxygen atoms in total. The van der Waals surface area contributed by atoms with Crippen molar-refractivity contribution in [1.29, 1.82) is 0 Å². The summed E-state index contributed by atoms with van der Waals surface area (Å²) >= 11 is 7.70. The molecule has 0 amide bonds. The van der Waals surface area contributed by atoms with Gasteiger partial charge in [-0.3, -0.25) is 0 Å². The lowest BCUT2D eigenvalue weighted by molar-refractivity contribution is -0.138. The number of nitrogens with one attached hydrogen (secondary N) is 1. The first-order chi connectivity index (χ1) is 18.4. The van der Waals surface area contributed by atoms with Crippen LogP contribution in [0.4, 0.5) is 5.95 Å². The minimum Gasteiger partial charge on any atom is -0.493 e. The summed E-state index contributed by atoms with van der Waals surface area (Å²) in [5.74, 6) is 2.11. The fraction of sp³-hybridized carbons (Fsp3) is 0.321. The summed E-state index contributed by atoms with van der Waals surface area (Å²) in [4.78, 5) is 17.9. The number of unbranched alkanes of at least 4 members (excludes halogenated alkanes) is 1. The largest absolute Gasteiger partial charge is 0.493 e. The molecular formula is C28H31ClN4O4S. The van der Waals surface area contributed by atoms with Gasteiger partial charge in [0.1, 0.15) is 19.3 Å². The van der Waals surface area contributed by atoms with Crippen LogP contribution in [0.2, 0.25) is 5.02 Å². The molecule has 1 N–H and O–H groups in total. The van der Waals surface area contributed by atoms with E-state index < -0.39 is 12.0 Å². The minimum absolute atomic E-state index is 0.101. The molecule has 0 radical (unpaired) electrons. The molecule has 1 aromatic heterocycles. The van der Waals surface area contributed by atoms with Gasteiger partial charge < -0.3 is 19.5 Å². The Morgan fingerprint density at radius 3 is 2.84 bits per heavy atom. The third kappa shape index (κ3) is 6.34. The number of carbonyl (C=O) groups is 1. The van der Waals surface area contributed by atoms with Crippen LogP contribution in [0.5, 0.6) is 11.5 Å². The Morgan fingerprint density at radius 2 is 2.11 bits per heavy atom. The molecule has 2 heterocycles. The van der Waals surface area contributed by atoms with Crippen molar-refractivity contribution in [1.82, 2.24) is 14.8 Å². The lowest BCUT2D eigenvalue weighted by atomic mass is 9.95. The molecule has 0 spiro atoms. The number of carbonyl (C=O) groups excluding carboxylic acids is 1. The van der Waals surface area contributed by atoms with E-state index in [4.69, 9.17) is 30.9 Å². The molecular weight excluding hydrogens is 524 g/mol. The lowest BCUT2D eigenvalue weighted by Crippen LogP contribution is -2.29. The number of methoxy groups -OCH3 is 1. The molecule has 4 rings (SSSR count). The van der Waals surface area contributed by atoms with E-state index in [1.165, 1.54) is 6.08 Å². The zero-order chi connectivity index (χ0) is 27.1. The van der Waals surface area contributed by atoms with E-state index in [2.05, 4.69) is 23.8 Å². The molecule has 38 heavy (non-hydrogen) atoms. The maximum atomic E-state index is 13.2. The predicted octanol–water partition coefficient (Wildman–Crippen LogP) is 6.43. The fourth-order valence-corrected chi connectivity index (χ4v) is 5.17. The summed E-state index contributed by atoms with van der Waals surface area (Å²) in [6.45, 7) is 8.06. The highest BCUT2D eigenvalue weighted by Gasteiger charge is 2.35. The first kappa shape index (κ1) is 27.6. The van der Waals surface area contributed by atoms with E-state index >= 15 is 0 Å². The van der Waals surface area contributed by atoms with Gasteiger partial charge >= 0.3 is 5.97 Å². The number of fused-ring (bicyclic) bond motifs is 1. The third-order valence-corrected chi connectivity index (χ3v) is 7.06. The highest BCUT2D eigenvalue weighted by molar-refractivity contribution is 7.99. The smallest absolute Gasteiger partial charge is 0.338 e. The predicted molar refractivity (Wildman–Crippen MR) is 150 cm³/mol. The van der Waals surface area contributed by atoms with Crippen LogP contribution in [0, 0.1) is 0 Å². The van der Waals surface area contributed by atoms with Crippen LogP contribution in [0.25, 0.3) is 0 Å². The van der Waals surface area contributed by atoms with Crippen molar-refractivity contribution in [2.75, 3.05) is 24.8 Å². The van der Waals surface area contributed by atoms with Gasteiger partial charge in [-0.2, -0.15) is 4.98 Å². The number of allylic oxidation sites excluding steroid dienone is 1. The van der Waals surface area contributed by atoms with Crippen molar-refractivity contribution in [3.63, 3.8) is 0 Å². The fourth-order valence-electron chi connectivity index (χ4n) is 4.05. The lowest BCUT2D eigenvalue weighted by Gasteiger charge is -2.28. The maximum absolute atomic E-state index is 13.2.